The maximum absolute atomic E-state index is 11.3. The Balaban J connectivity index is 2.91. The van der Waals surface area contributed by atoms with Crippen LogP contribution < -0.4 is 0 Å². The zero-order valence-corrected chi connectivity index (χ0v) is 11.4. The molecule has 2 atom stereocenters. The first kappa shape index (κ1) is 15.9. The minimum atomic E-state index is -3.53. The van der Waals surface area contributed by atoms with Crippen molar-refractivity contribution in [3.63, 3.8) is 0 Å². The second-order valence-electron chi connectivity index (χ2n) is 5.04. The van der Waals surface area contributed by atoms with Gasteiger partial charge in [-0.3, -0.25) is 9.59 Å². The third kappa shape index (κ3) is 3.64. The van der Waals surface area contributed by atoms with Crippen LogP contribution in [0, 0.1) is 11.8 Å². The Labute approximate surface area is 110 Å². The molecule has 9 heteroatoms. The topological polar surface area (TPSA) is 132 Å². The van der Waals surface area contributed by atoms with Crippen molar-refractivity contribution < 1.29 is 33.3 Å². The smallest absolute Gasteiger partial charge is 0.307 e. The molecule has 0 saturated heterocycles. The second-order valence-corrected chi connectivity index (χ2v) is 7.13. The Morgan fingerprint density at radius 1 is 1.21 bits per heavy atom. The van der Waals surface area contributed by atoms with Crippen molar-refractivity contribution in [2.45, 2.75) is 18.4 Å². The van der Waals surface area contributed by atoms with Gasteiger partial charge in [-0.15, -0.1) is 0 Å². The van der Waals surface area contributed by atoms with Gasteiger partial charge in [-0.05, 0) is 12.8 Å². The van der Waals surface area contributed by atoms with Gasteiger partial charge in [0.1, 0.15) is 0 Å². The molecule has 0 aromatic rings. The Kier molecular flexibility index (Phi) is 4.23. The number of hydrogen-bond donors (Lipinski definition) is 3. The summed E-state index contributed by atoms with van der Waals surface area (Å²) in [6.45, 7) is -0.320. The van der Waals surface area contributed by atoms with Crippen LogP contribution in [-0.2, 0) is 19.6 Å². The van der Waals surface area contributed by atoms with Crippen molar-refractivity contribution in [3.8, 4) is 0 Å². The SMILES string of the molecule is CN(CC1(O)CC(C(=O)O)C(C(=O)O)C1)S(C)(=O)=O. The molecule has 0 bridgehead atoms. The van der Waals surface area contributed by atoms with E-state index in [2.05, 4.69) is 0 Å². The Morgan fingerprint density at radius 3 is 1.84 bits per heavy atom. The zero-order chi connectivity index (χ0) is 15.0. The second kappa shape index (κ2) is 5.06. The molecule has 1 rings (SSSR count). The fourth-order valence-electron chi connectivity index (χ4n) is 2.37. The number of aliphatic hydroxyl groups is 1. The highest BCUT2D eigenvalue weighted by atomic mass is 32.2. The summed E-state index contributed by atoms with van der Waals surface area (Å²) in [6, 6.07) is 0. The molecule has 1 aliphatic rings. The van der Waals surface area contributed by atoms with E-state index in [4.69, 9.17) is 10.2 Å². The monoisotopic (exact) mass is 295 g/mol. The van der Waals surface area contributed by atoms with E-state index in [0.29, 0.717) is 0 Å². The largest absolute Gasteiger partial charge is 0.481 e. The molecule has 0 aromatic carbocycles. The van der Waals surface area contributed by atoms with Crippen molar-refractivity contribution >= 4 is 22.0 Å². The lowest BCUT2D eigenvalue weighted by Gasteiger charge is -2.27. The molecule has 0 spiro atoms. The van der Waals surface area contributed by atoms with Gasteiger partial charge >= 0.3 is 11.9 Å². The van der Waals surface area contributed by atoms with Crippen molar-refractivity contribution in [3.05, 3.63) is 0 Å². The minimum Gasteiger partial charge on any atom is -0.481 e. The number of hydrogen-bond acceptors (Lipinski definition) is 5. The number of likely N-dealkylation sites (N-methyl/N-ethyl adjacent to an activating group) is 1. The molecular formula is C10H17NO7S. The minimum absolute atomic E-state index is 0.279. The molecule has 8 nitrogen and oxygen atoms in total. The molecular weight excluding hydrogens is 278 g/mol. The van der Waals surface area contributed by atoms with E-state index in [1.165, 1.54) is 7.05 Å². The van der Waals surface area contributed by atoms with Crippen LogP contribution in [0.5, 0.6) is 0 Å². The van der Waals surface area contributed by atoms with Gasteiger partial charge in [-0.1, -0.05) is 0 Å². The van der Waals surface area contributed by atoms with Crippen molar-refractivity contribution in [2.75, 3.05) is 19.8 Å². The Bertz CT molecular complexity index is 464. The van der Waals surface area contributed by atoms with Gasteiger partial charge in [0.25, 0.3) is 0 Å². The fourth-order valence-corrected chi connectivity index (χ4v) is 2.84. The van der Waals surface area contributed by atoms with Crippen molar-refractivity contribution in [1.29, 1.82) is 0 Å². The first-order chi connectivity index (χ1) is 8.46. The van der Waals surface area contributed by atoms with Gasteiger partial charge in [0.2, 0.25) is 10.0 Å². The van der Waals surface area contributed by atoms with Crippen molar-refractivity contribution in [2.24, 2.45) is 11.8 Å². The molecule has 2 unspecified atom stereocenters. The van der Waals surface area contributed by atoms with Gasteiger partial charge in [0, 0.05) is 13.6 Å². The molecule has 19 heavy (non-hydrogen) atoms. The van der Waals surface area contributed by atoms with Crippen molar-refractivity contribution in [1.82, 2.24) is 4.31 Å². The Hall–Kier alpha value is -1.19. The zero-order valence-electron chi connectivity index (χ0n) is 10.6. The summed E-state index contributed by atoms with van der Waals surface area (Å²) >= 11 is 0. The van der Waals surface area contributed by atoms with E-state index >= 15 is 0 Å². The summed E-state index contributed by atoms with van der Waals surface area (Å²) < 4.78 is 23.4. The molecule has 0 amide bonds. The van der Waals surface area contributed by atoms with Gasteiger partial charge < -0.3 is 15.3 Å². The lowest BCUT2D eigenvalue weighted by Crippen LogP contribution is -2.42. The molecule has 1 saturated carbocycles. The van der Waals surface area contributed by atoms with Crippen LogP contribution in [0.3, 0.4) is 0 Å². The van der Waals surface area contributed by atoms with E-state index in [1.807, 2.05) is 0 Å². The first-order valence-corrected chi connectivity index (χ1v) is 7.40. The highest BCUT2D eigenvalue weighted by molar-refractivity contribution is 7.88. The summed E-state index contributed by atoms with van der Waals surface area (Å²) in [7, 11) is -2.28. The molecule has 110 valence electrons. The fraction of sp³-hybridized carbons (Fsp3) is 0.800. The number of carboxylic acid groups (broad SMARTS) is 2. The van der Waals surface area contributed by atoms with Crippen LogP contribution in [0.2, 0.25) is 0 Å². The number of nitrogens with zero attached hydrogens (tertiary/aromatic N) is 1. The predicted molar refractivity (Wildman–Crippen MR) is 63.9 cm³/mol. The molecule has 3 N–H and O–H groups in total. The first-order valence-electron chi connectivity index (χ1n) is 5.55. The predicted octanol–water partition coefficient (Wildman–Crippen LogP) is -1.20. The van der Waals surface area contributed by atoms with Crippen LogP contribution in [0.1, 0.15) is 12.8 Å². The Morgan fingerprint density at radius 2 is 1.58 bits per heavy atom. The summed E-state index contributed by atoms with van der Waals surface area (Å²) in [5, 5.41) is 28.1. The number of carbonyl (C=O) groups is 2. The molecule has 0 radical (unpaired) electrons. The van der Waals surface area contributed by atoms with E-state index in [-0.39, 0.29) is 19.4 Å². The maximum atomic E-state index is 11.3. The average Bonchev–Trinajstić information content (AvgIpc) is 2.55. The van der Waals surface area contributed by atoms with Crippen LogP contribution in [-0.4, -0.2) is 65.4 Å². The highest BCUT2D eigenvalue weighted by Crippen LogP contribution is 2.40. The number of carboxylic acids is 2. The third-order valence-corrected chi connectivity index (χ3v) is 4.66. The molecule has 0 heterocycles. The summed E-state index contributed by atoms with van der Waals surface area (Å²) in [5.41, 5.74) is -1.63. The number of sulfonamides is 1. The summed E-state index contributed by atoms with van der Waals surface area (Å²) in [5.74, 6) is -5.03. The number of rotatable bonds is 5. The quantitative estimate of drug-likeness (QED) is 0.580. The van der Waals surface area contributed by atoms with Gasteiger partial charge in [0.15, 0.2) is 0 Å². The average molecular weight is 295 g/mol. The highest BCUT2D eigenvalue weighted by Gasteiger charge is 2.51. The number of aliphatic carboxylic acids is 2. The van der Waals surface area contributed by atoms with Crippen LogP contribution in [0.4, 0.5) is 0 Å². The molecule has 1 fully saturated rings. The van der Waals surface area contributed by atoms with Gasteiger partial charge in [-0.25, -0.2) is 12.7 Å². The third-order valence-electron chi connectivity index (χ3n) is 3.40. The van der Waals surface area contributed by atoms with Gasteiger partial charge in [0.05, 0.1) is 23.7 Å². The molecule has 0 aliphatic heterocycles. The summed E-state index contributed by atoms with van der Waals surface area (Å²) in [6.07, 6.45) is 0.396. The summed E-state index contributed by atoms with van der Waals surface area (Å²) in [4.78, 5) is 22.0. The lowest BCUT2D eigenvalue weighted by molar-refractivity contribution is -0.152. The van der Waals surface area contributed by atoms with E-state index in [1.54, 1.807) is 0 Å². The lowest BCUT2D eigenvalue weighted by atomic mass is 9.97. The normalized spacial score (nSPS) is 31.6. The molecule has 0 aromatic heterocycles. The molecule has 1 aliphatic carbocycles. The van der Waals surface area contributed by atoms with E-state index < -0.39 is 39.4 Å². The van der Waals surface area contributed by atoms with Crippen LogP contribution >= 0.6 is 0 Å². The van der Waals surface area contributed by atoms with Crippen LogP contribution in [0.25, 0.3) is 0 Å². The maximum Gasteiger partial charge on any atom is 0.307 e. The van der Waals surface area contributed by atoms with Gasteiger partial charge in [-0.2, -0.15) is 0 Å². The van der Waals surface area contributed by atoms with E-state index in [9.17, 15) is 23.1 Å². The van der Waals surface area contributed by atoms with E-state index in [0.717, 1.165) is 10.6 Å². The van der Waals surface area contributed by atoms with Crippen LogP contribution in [0.15, 0.2) is 0 Å². The standard InChI is InChI=1S/C10H17NO7S/c1-11(19(2,17)18)5-10(16)3-6(8(12)13)7(4-10)9(14)15/h6-7,16H,3-5H2,1-2H3,(H,12,13)(H,14,15).